The molecule has 0 radical (unpaired) electrons. The third-order valence-corrected chi connectivity index (χ3v) is 8.84. The second-order valence-corrected chi connectivity index (χ2v) is 13.6. The van der Waals surface area contributed by atoms with Crippen molar-refractivity contribution >= 4 is 45.5 Å². The maximum atomic E-state index is 13.3. The summed E-state index contributed by atoms with van der Waals surface area (Å²) in [6.07, 6.45) is 5.42. The van der Waals surface area contributed by atoms with Gasteiger partial charge in [-0.2, -0.15) is 5.26 Å². The molecule has 1 atom stereocenters. The van der Waals surface area contributed by atoms with Gasteiger partial charge in [-0.25, -0.2) is 0 Å². The van der Waals surface area contributed by atoms with Gasteiger partial charge >= 0.3 is 0 Å². The lowest BCUT2D eigenvalue weighted by Crippen LogP contribution is -2.24. The maximum absolute atomic E-state index is 13.3. The molecule has 0 saturated carbocycles. The summed E-state index contributed by atoms with van der Waals surface area (Å²) in [7, 11) is 0. The lowest BCUT2D eigenvalue weighted by Gasteiger charge is -2.20. The number of nitrogens with one attached hydrogen (secondary N) is 3. The number of amides is 1. The van der Waals surface area contributed by atoms with Gasteiger partial charge in [-0.05, 0) is 72.8 Å². The van der Waals surface area contributed by atoms with E-state index in [2.05, 4.69) is 72.0 Å². The molecule has 48 heavy (non-hydrogen) atoms. The zero-order chi connectivity index (χ0) is 33.7. The average molecular weight is 666 g/mol. The number of anilines is 3. The van der Waals surface area contributed by atoms with Gasteiger partial charge in [0.2, 0.25) is 5.91 Å². The fourth-order valence-electron chi connectivity index (χ4n) is 5.81. The fourth-order valence-corrected chi connectivity index (χ4v) is 6.05. The molecule has 2 saturated heterocycles. The highest BCUT2D eigenvalue weighted by Crippen LogP contribution is 2.39. The topological polar surface area (TPSA) is 118 Å². The van der Waals surface area contributed by atoms with Crippen molar-refractivity contribution in [3.63, 3.8) is 0 Å². The number of rotatable bonds is 9. The second-order valence-electron chi connectivity index (χ2n) is 13.1. The molecule has 3 N–H and O–H groups in total. The first kappa shape index (κ1) is 33.3. The fraction of sp³-hybridized carbons (Fsp3) is 0.342. The molecule has 2 aliphatic rings. The minimum atomic E-state index is -0.250. The number of aromatic nitrogens is 1. The Hall–Kier alpha value is -4.62. The van der Waals surface area contributed by atoms with Gasteiger partial charge in [0, 0.05) is 29.8 Å². The molecule has 248 valence electrons. The van der Waals surface area contributed by atoms with Crippen molar-refractivity contribution in [2.24, 2.45) is 0 Å². The molecule has 3 heterocycles. The Bertz CT molecular complexity index is 1860. The Balaban J connectivity index is 1.27. The largest absolute Gasteiger partial charge is 0.487 e. The van der Waals surface area contributed by atoms with Crippen LogP contribution in [0.25, 0.3) is 10.9 Å². The van der Waals surface area contributed by atoms with Crippen LogP contribution in [0.1, 0.15) is 56.7 Å². The molecular formula is C38H40ClN5O4. The lowest BCUT2D eigenvalue weighted by molar-refractivity contribution is -0.112. The van der Waals surface area contributed by atoms with Gasteiger partial charge in [0.25, 0.3) is 0 Å². The molecule has 3 aromatic carbocycles. The molecule has 1 amide bonds. The normalized spacial score (nSPS) is 16.3. The van der Waals surface area contributed by atoms with Gasteiger partial charge in [0.15, 0.2) is 0 Å². The number of nitrogens with zero attached hydrogens (tertiary/aromatic N) is 2. The Morgan fingerprint density at radius 1 is 1.10 bits per heavy atom. The van der Waals surface area contributed by atoms with Crippen LogP contribution in [0.2, 0.25) is 5.02 Å². The number of benzene rings is 3. The van der Waals surface area contributed by atoms with Gasteiger partial charge in [-0.1, -0.05) is 62.2 Å². The van der Waals surface area contributed by atoms with Crippen molar-refractivity contribution in [2.75, 3.05) is 36.9 Å². The minimum absolute atomic E-state index is 0.0813. The molecule has 1 unspecified atom stereocenters. The highest BCUT2D eigenvalue weighted by atomic mass is 35.5. The summed E-state index contributed by atoms with van der Waals surface area (Å²) >= 11 is 6.68. The van der Waals surface area contributed by atoms with Crippen molar-refractivity contribution in [2.45, 2.75) is 58.2 Å². The summed E-state index contributed by atoms with van der Waals surface area (Å²) in [6.45, 7) is 9.73. The number of pyridine rings is 1. The molecule has 1 aromatic heterocycles. The van der Waals surface area contributed by atoms with Crippen molar-refractivity contribution in [3.8, 4) is 17.6 Å². The van der Waals surface area contributed by atoms with Crippen LogP contribution in [-0.2, 0) is 21.6 Å². The summed E-state index contributed by atoms with van der Waals surface area (Å²) in [5.74, 6) is 0.795. The Morgan fingerprint density at radius 3 is 2.56 bits per heavy atom. The maximum Gasteiger partial charge on any atom is 0.248 e. The van der Waals surface area contributed by atoms with Gasteiger partial charge in [0.05, 0.1) is 35.0 Å². The monoisotopic (exact) mass is 665 g/mol. The Kier molecular flexibility index (Phi) is 10.2. The number of ether oxygens (including phenoxy) is 3. The summed E-state index contributed by atoms with van der Waals surface area (Å²) in [6, 6.07) is 19.7. The predicted octanol–water partition coefficient (Wildman–Crippen LogP) is 7.80. The molecule has 9 nitrogen and oxygen atoms in total. The quantitative estimate of drug-likeness (QED) is 0.155. The van der Waals surface area contributed by atoms with E-state index < -0.39 is 0 Å². The van der Waals surface area contributed by atoms with E-state index in [1.165, 1.54) is 11.8 Å². The highest BCUT2D eigenvalue weighted by Gasteiger charge is 2.23. The Labute approximate surface area is 286 Å². The van der Waals surface area contributed by atoms with Gasteiger partial charge in [-0.3, -0.25) is 9.78 Å². The first-order chi connectivity index (χ1) is 23.2. The molecular weight excluding hydrogens is 626 g/mol. The molecule has 0 bridgehead atoms. The van der Waals surface area contributed by atoms with E-state index in [9.17, 15) is 10.1 Å². The predicted molar refractivity (Wildman–Crippen MR) is 189 cm³/mol. The van der Waals surface area contributed by atoms with E-state index in [0.717, 1.165) is 43.5 Å². The van der Waals surface area contributed by atoms with Crippen molar-refractivity contribution in [1.29, 1.82) is 5.26 Å². The van der Waals surface area contributed by atoms with E-state index >= 15 is 0 Å². The van der Waals surface area contributed by atoms with Gasteiger partial charge in [-0.15, -0.1) is 0 Å². The summed E-state index contributed by atoms with van der Waals surface area (Å²) in [4.78, 5) is 17.9. The third-order valence-electron chi connectivity index (χ3n) is 8.55. The third kappa shape index (κ3) is 7.91. The first-order valence-electron chi connectivity index (χ1n) is 16.3. The smallest absolute Gasteiger partial charge is 0.248 e. The number of piperidine rings is 1. The minimum Gasteiger partial charge on any atom is -0.487 e. The molecule has 0 spiro atoms. The van der Waals surface area contributed by atoms with Crippen LogP contribution in [0, 0.1) is 11.3 Å². The van der Waals surface area contributed by atoms with Crippen molar-refractivity contribution in [3.05, 3.63) is 94.2 Å². The standard InChI is InChI=1S/C38H40ClN5O4/c1-38(2,3)27-6-4-25(5-7-27)22-47-32-10-8-28(19-31(32)39)43-35-26(20-40)21-42-36-30(35)9-11-33(48-29-14-17-46-23-29)37(36)44-34(45)18-24-12-15-41-16-13-24/h4-11,18-19,21,29,41H,12-17,22-23H2,1-3H3,(H,42,43)(H,44,45). The van der Waals surface area contributed by atoms with Crippen molar-refractivity contribution < 1.29 is 19.0 Å². The van der Waals surface area contributed by atoms with Crippen LogP contribution in [0.3, 0.4) is 0 Å². The molecule has 10 heteroatoms. The summed E-state index contributed by atoms with van der Waals surface area (Å²) < 4.78 is 17.9. The molecule has 6 rings (SSSR count). The zero-order valence-electron chi connectivity index (χ0n) is 27.5. The number of carbonyl (C=O) groups excluding carboxylic acids is 1. The van der Waals surface area contributed by atoms with Crippen LogP contribution in [0.5, 0.6) is 11.5 Å². The van der Waals surface area contributed by atoms with Crippen LogP contribution in [0.15, 0.2) is 72.4 Å². The first-order valence-corrected chi connectivity index (χ1v) is 16.7. The number of fused-ring (bicyclic) bond motifs is 1. The summed E-state index contributed by atoms with van der Waals surface area (Å²) in [5.41, 5.74) is 5.95. The number of hydrogen-bond donors (Lipinski definition) is 3. The number of hydrogen-bond acceptors (Lipinski definition) is 8. The molecule has 2 aliphatic heterocycles. The number of carbonyl (C=O) groups is 1. The van der Waals surface area contributed by atoms with Gasteiger partial charge in [0.1, 0.15) is 36.0 Å². The SMILES string of the molecule is CC(C)(C)c1ccc(COc2ccc(Nc3c(C#N)cnc4c(NC(=O)C=C5CCNCC5)c(OC5CCOC5)ccc34)cc2Cl)cc1. The Morgan fingerprint density at radius 2 is 1.88 bits per heavy atom. The molecule has 0 aliphatic carbocycles. The zero-order valence-corrected chi connectivity index (χ0v) is 28.2. The van der Waals surface area contributed by atoms with Crippen LogP contribution < -0.4 is 25.4 Å². The van der Waals surface area contributed by atoms with E-state index in [1.807, 2.05) is 12.1 Å². The molecule has 4 aromatic rings. The average Bonchev–Trinajstić information content (AvgIpc) is 3.59. The van der Waals surface area contributed by atoms with Gasteiger partial charge < -0.3 is 30.2 Å². The van der Waals surface area contributed by atoms with Crippen LogP contribution in [0.4, 0.5) is 17.1 Å². The van der Waals surface area contributed by atoms with E-state index in [4.69, 9.17) is 25.8 Å². The van der Waals surface area contributed by atoms with E-state index in [1.54, 1.807) is 24.3 Å². The van der Waals surface area contributed by atoms with Crippen LogP contribution in [-0.4, -0.2) is 43.3 Å². The van der Waals surface area contributed by atoms with E-state index in [-0.39, 0.29) is 17.4 Å². The number of halogens is 1. The number of nitriles is 1. The molecule has 2 fully saturated rings. The second kappa shape index (κ2) is 14.7. The van der Waals surface area contributed by atoms with Crippen LogP contribution >= 0.6 is 11.6 Å². The lowest BCUT2D eigenvalue weighted by atomic mass is 9.87. The van der Waals surface area contributed by atoms with Crippen molar-refractivity contribution in [1.82, 2.24) is 10.3 Å². The summed E-state index contributed by atoms with van der Waals surface area (Å²) in [5, 5.41) is 20.8. The van der Waals surface area contributed by atoms with E-state index in [0.29, 0.717) is 69.9 Å². The highest BCUT2D eigenvalue weighted by molar-refractivity contribution is 6.32.